The van der Waals surface area contributed by atoms with Gasteiger partial charge in [-0.2, -0.15) is 0 Å². The predicted octanol–water partition coefficient (Wildman–Crippen LogP) is 14.5. The lowest BCUT2D eigenvalue weighted by atomic mass is 9.95. The van der Waals surface area contributed by atoms with Crippen molar-refractivity contribution in [2.75, 3.05) is 57.1 Å². The minimum absolute atomic E-state index is 0.0198. The Balaban J connectivity index is 2.32. The van der Waals surface area contributed by atoms with Crippen molar-refractivity contribution in [2.45, 2.75) is 259 Å². The molecule has 0 radical (unpaired) electrons. The van der Waals surface area contributed by atoms with Crippen molar-refractivity contribution >= 4 is 23.5 Å². The SMILES string of the molecule is CCCCCCCCCCCC(CCCCCC)OC(=O)OCCCCCCCCN(CCCCCCCCOC(=O)CC(CC)CCCCCC)CCCNc1c(NC)c(=O)c1=O. The van der Waals surface area contributed by atoms with Gasteiger partial charge < -0.3 is 29.7 Å². The predicted molar refractivity (Wildman–Crippen MR) is 271 cm³/mol. The number of carbonyl (C=O) groups is 2. The van der Waals surface area contributed by atoms with Crippen LogP contribution >= 0.6 is 0 Å². The lowest BCUT2D eigenvalue weighted by Gasteiger charge is -2.23. The number of anilines is 2. The van der Waals surface area contributed by atoms with Crippen LogP contribution in [-0.4, -0.2) is 69.6 Å². The molecule has 2 N–H and O–H groups in total. The summed E-state index contributed by atoms with van der Waals surface area (Å²) in [6, 6.07) is 0. The zero-order valence-corrected chi connectivity index (χ0v) is 42.5. The molecule has 0 aliphatic rings. The molecular weight excluding hydrogens is 803 g/mol. The lowest BCUT2D eigenvalue weighted by Crippen LogP contribution is -2.37. The maximum Gasteiger partial charge on any atom is 0.508 e. The van der Waals surface area contributed by atoms with Crippen LogP contribution in [0, 0.1) is 5.92 Å². The highest BCUT2D eigenvalue weighted by atomic mass is 16.7. The van der Waals surface area contributed by atoms with Crippen LogP contribution in [0.5, 0.6) is 0 Å². The third-order valence-electron chi connectivity index (χ3n) is 13.1. The number of nitrogens with one attached hydrogen (secondary N) is 2. The lowest BCUT2D eigenvalue weighted by molar-refractivity contribution is -0.145. The van der Waals surface area contributed by atoms with Crippen molar-refractivity contribution in [1.29, 1.82) is 0 Å². The highest BCUT2D eigenvalue weighted by Crippen LogP contribution is 2.20. The summed E-state index contributed by atoms with van der Waals surface area (Å²) >= 11 is 0. The van der Waals surface area contributed by atoms with E-state index in [1.165, 1.54) is 122 Å². The van der Waals surface area contributed by atoms with Gasteiger partial charge in [0.25, 0.3) is 10.9 Å². The van der Waals surface area contributed by atoms with Gasteiger partial charge in [0.1, 0.15) is 17.5 Å². The van der Waals surface area contributed by atoms with Crippen molar-refractivity contribution in [1.82, 2.24) is 4.90 Å². The molecule has 1 aromatic rings. The van der Waals surface area contributed by atoms with Crippen molar-refractivity contribution < 1.29 is 23.8 Å². The summed E-state index contributed by atoms with van der Waals surface area (Å²) in [5, 5.41) is 6.02. The summed E-state index contributed by atoms with van der Waals surface area (Å²) in [6.45, 7) is 13.6. The van der Waals surface area contributed by atoms with Crippen molar-refractivity contribution in [3.05, 3.63) is 20.4 Å². The molecule has 374 valence electrons. The van der Waals surface area contributed by atoms with E-state index in [0.29, 0.717) is 43.5 Å². The fraction of sp³-hybridized carbons (Fsp3) is 0.889. The molecule has 0 saturated carbocycles. The van der Waals surface area contributed by atoms with E-state index in [9.17, 15) is 19.2 Å². The van der Waals surface area contributed by atoms with E-state index in [2.05, 4.69) is 43.2 Å². The quantitative estimate of drug-likeness (QED) is 0.0371. The molecule has 0 fully saturated rings. The summed E-state index contributed by atoms with van der Waals surface area (Å²) < 4.78 is 16.9. The van der Waals surface area contributed by atoms with Gasteiger partial charge in [-0.15, -0.1) is 0 Å². The first-order valence-corrected chi connectivity index (χ1v) is 27.3. The Labute approximate surface area is 393 Å². The number of nitrogens with zero attached hydrogens (tertiary/aromatic N) is 1. The van der Waals surface area contributed by atoms with Gasteiger partial charge in [-0.1, -0.05) is 182 Å². The van der Waals surface area contributed by atoms with E-state index in [0.717, 1.165) is 116 Å². The summed E-state index contributed by atoms with van der Waals surface area (Å²) in [7, 11) is 1.67. The number of ether oxygens (including phenoxy) is 3. The molecule has 0 aromatic heterocycles. The van der Waals surface area contributed by atoms with E-state index in [1.54, 1.807) is 7.05 Å². The van der Waals surface area contributed by atoms with Crippen molar-refractivity contribution in [2.24, 2.45) is 5.92 Å². The van der Waals surface area contributed by atoms with Crippen LogP contribution in [0.4, 0.5) is 16.2 Å². The number of esters is 1. The number of carbonyl (C=O) groups excluding carboxylic acids is 2. The Kier molecular flexibility index (Phi) is 39.9. The normalized spacial score (nSPS) is 12.5. The van der Waals surface area contributed by atoms with Crippen LogP contribution in [0.25, 0.3) is 0 Å². The van der Waals surface area contributed by atoms with Crippen LogP contribution in [-0.2, 0) is 19.0 Å². The summed E-state index contributed by atoms with van der Waals surface area (Å²) in [5.41, 5.74) is -0.0464. The second kappa shape index (κ2) is 43.0. The van der Waals surface area contributed by atoms with E-state index in [-0.39, 0.29) is 12.1 Å². The Hall–Kier alpha value is -2.62. The molecule has 1 aromatic carbocycles. The zero-order valence-electron chi connectivity index (χ0n) is 42.5. The van der Waals surface area contributed by atoms with Gasteiger partial charge in [-0.25, -0.2) is 4.79 Å². The van der Waals surface area contributed by atoms with Gasteiger partial charge in [0.15, 0.2) is 0 Å². The third-order valence-corrected chi connectivity index (χ3v) is 13.1. The third kappa shape index (κ3) is 32.1. The van der Waals surface area contributed by atoms with Crippen LogP contribution < -0.4 is 21.5 Å². The monoisotopic (exact) mass is 904 g/mol. The molecule has 0 bridgehead atoms. The van der Waals surface area contributed by atoms with Crippen LogP contribution in [0.1, 0.15) is 252 Å². The molecule has 10 nitrogen and oxygen atoms in total. The minimum atomic E-state index is -0.486. The van der Waals surface area contributed by atoms with Gasteiger partial charge in [-0.05, 0) is 89.8 Å². The Bertz CT molecular complexity index is 1300. The maximum atomic E-state index is 12.6. The van der Waals surface area contributed by atoms with Gasteiger partial charge in [0.05, 0.1) is 13.2 Å². The Morgan fingerprint density at radius 1 is 0.500 bits per heavy atom. The summed E-state index contributed by atoms with van der Waals surface area (Å²) in [6.07, 6.45) is 39.8. The molecule has 0 saturated heterocycles. The average molecular weight is 904 g/mol. The van der Waals surface area contributed by atoms with E-state index >= 15 is 0 Å². The largest absolute Gasteiger partial charge is 0.508 e. The fourth-order valence-electron chi connectivity index (χ4n) is 8.80. The zero-order chi connectivity index (χ0) is 46.7. The molecule has 0 spiro atoms. The first-order valence-electron chi connectivity index (χ1n) is 27.3. The number of hydrogen-bond acceptors (Lipinski definition) is 10. The number of hydrogen-bond donors (Lipinski definition) is 2. The van der Waals surface area contributed by atoms with E-state index in [1.807, 2.05) is 0 Å². The molecule has 0 amide bonds. The van der Waals surface area contributed by atoms with Gasteiger partial charge in [0.2, 0.25) is 0 Å². The average Bonchev–Trinajstić information content (AvgIpc) is 3.29. The molecule has 10 heteroatoms. The standard InChI is InChI=1S/C54H101N3O7/c1-6-10-13-16-17-18-19-24-31-39-48(38-30-15-12-8-3)64-54(61)63-45-35-28-23-21-26-33-42-57(43-36-40-56-51-50(55-5)52(59)53(51)60)41-32-25-20-22-27-34-44-62-49(58)46-47(9-4)37-29-14-11-7-2/h47-48,55-56H,6-46H2,1-5H3. The van der Waals surface area contributed by atoms with Crippen molar-refractivity contribution in [3.63, 3.8) is 0 Å². The van der Waals surface area contributed by atoms with Crippen molar-refractivity contribution in [3.8, 4) is 0 Å². The number of unbranched alkanes of at least 4 members (excludes halogenated alkanes) is 24. The van der Waals surface area contributed by atoms with Crippen LogP contribution in [0.3, 0.4) is 0 Å². The van der Waals surface area contributed by atoms with Gasteiger partial charge in [-0.3, -0.25) is 14.4 Å². The second-order valence-electron chi connectivity index (χ2n) is 18.9. The minimum Gasteiger partial charge on any atom is -0.466 e. The first kappa shape index (κ1) is 59.4. The highest BCUT2D eigenvalue weighted by Gasteiger charge is 2.19. The molecule has 2 unspecified atom stereocenters. The van der Waals surface area contributed by atoms with E-state index < -0.39 is 17.0 Å². The Morgan fingerprint density at radius 2 is 0.922 bits per heavy atom. The topological polar surface area (TPSA) is 123 Å². The van der Waals surface area contributed by atoms with Crippen LogP contribution in [0.2, 0.25) is 0 Å². The van der Waals surface area contributed by atoms with E-state index in [4.69, 9.17) is 14.2 Å². The maximum absolute atomic E-state index is 12.6. The first-order chi connectivity index (χ1) is 31.3. The fourth-order valence-corrected chi connectivity index (χ4v) is 8.80. The summed E-state index contributed by atoms with van der Waals surface area (Å²) in [4.78, 5) is 51.3. The Morgan fingerprint density at radius 3 is 1.44 bits per heavy atom. The molecule has 0 heterocycles. The second-order valence-corrected chi connectivity index (χ2v) is 18.9. The highest BCUT2D eigenvalue weighted by molar-refractivity contribution is 5.73. The van der Waals surface area contributed by atoms with Gasteiger partial charge in [0, 0.05) is 20.0 Å². The molecule has 2 atom stereocenters. The van der Waals surface area contributed by atoms with Crippen LogP contribution in [0.15, 0.2) is 9.59 Å². The number of rotatable bonds is 48. The molecule has 64 heavy (non-hydrogen) atoms. The smallest absolute Gasteiger partial charge is 0.466 e. The molecule has 0 aliphatic heterocycles. The molecule has 0 aliphatic carbocycles. The summed E-state index contributed by atoms with van der Waals surface area (Å²) in [5.74, 6) is 0.433. The molecular formula is C54H101N3O7. The van der Waals surface area contributed by atoms with Gasteiger partial charge >= 0.3 is 12.1 Å². The molecule has 1 rings (SSSR count).